The SMILES string of the molecule is CCC(=O)Nc1ccc(C2=NNC(=Nc3ccc(Cl)c(Cl)c3)SC2)cc1. The van der Waals surface area contributed by atoms with Crippen molar-refractivity contribution in [3.63, 3.8) is 0 Å². The maximum absolute atomic E-state index is 11.4. The number of amidine groups is 1. The molecule has 0 atom stereocenters. The van der Waals surface area contributed by atoms with E-state index in [2.05, 4.69) is 20.8 Å². The van der Waals surface area contributed by atoms with Crippen molar-refractivity contribution in [3.05, 3.63) is 58.1 Å². The van der Waals surface area contributed by atoms with Gasteiger partial charge < -0.3 is 5.32 Å². The number of nitrogens with one attached hydrogen (secondary N) is 2. The number of anilines is 1. The minimum atomic E-state index is -0.00636. The molecule has 26 heavy (non-hydrogen) atoms. The van der Waals surface area contributed by atoms with Crippen LogP contribution in [0.4, 0.5) is 11.4 Å². The molecule has 1 heterocycles. The highest BCUT2D eigenvalue weighted by Crippen LogP contribution is 2.27. The summed E-state index contributed by atoms with van der Waals surface area (Å²) in [4.78, 5) is 15.9. The van der Waals surface area contributed by atoms with E-state index in [4.69, 9.17) is 23.2 Å². The van der Waals surface area contributed by atoms with Crippen molar-refractivity contribution in [2.45, 2.75) is 13.3 Å². The fourth-order valence-corrected chi connectivity index (χ4v) is 3.27. The summed E-state index contributed by atoms with van der Waals surface area (Å²) in [5.74, 6) is 0.682. The monoisotopic (exact) mass is 406 g/mol. The van der Waals surface area contributed by atoms with E-state index in [9.17, 15) is 4.79 Å². The first-order valence-corrected chi connectivity index (χ1v) is 9.68. The number of aliphatic imine (C=N–C) groups is 1. The van der Waals surface area contributed by atoms with Crippen LogP contribution < -0.4 is 10.7 Å². The summed E-state index contributed by atoms with van der Waals surface area (Å²) in [6.07, 6.45) is 0.454. The predicted molar refractivity (Wildman–Crippen MR) is 111 cm³/mol. The molecule has 0 aromatic heterocycles. The third-order valence-corrected chi connectivity index (χ3v) is 5.20. The summed E-state index contributed by atoms with van der Waals surface area (Å²) in [6.45, 7) is 1.82. The number of carbonyl (C=O) groups is 1. The minimum Gasteiger partial charge on any atom is -0.326 e. The smallest absolute Gasteiger partial charge is 0.224 e. The normalized spacial score (nSPS) is 15.3. The van der Waals surface area contributed by atoms with Gasteiger partial charge in [0.1, 0.15) is 0 Å². The van der Waals surface area contributed by atoms with E-state index in [1.807, 2.05) is 31.2 Å². The third kappa shape index (κ3) is 4.78. The van der Waals surface area contributed by atoms with Crippen molar-refractivity contribution >= 4 is 63.1 Å². The fourth-order valence-electron chi connectivity index (χ4n) is 2.19. The summed E-state index contributed by atoms with van der Waals surface area (Å²) in [5, 5.41) is 8.88. The average Bonchev–Trinajstić information content (AvgIpc) is 2.66. The van der Waals surface area contributed by atoms with Crippen molar-refractivity contribution in [3.8, 4) is 0 Å². The number of hydrogen-bond acceptors (Lipinski definition) is 4. The van der Waals surface area contributed by atoms with Crippen LogP contribution in [0.3, 0.4) is 0 Å². The Morgan fingerprint density at radius 3 is 2.62 bits per heavy atom. The van der Waals surface area contributed by atoms with Gasteiger partial charge in [-0.1, -0.05) is 54.0 Å². The number of rotatable bonds is 4. The van der Waals surface area contributed by atoms with Crippen LogP contribution in [0.1, 0.15) is 18.9 Å². The summed E-state index contributed by atoms with van der Waals surface area (Å²) in [5.41, 5.74) is 6.36. The van der Waals surface area contributed by atoms with Gasteiger partial charge in [-0.3, -0.25) is 10.2 Å². The fraction of sp³-hybridized carbons (Fsp3) is 0.167. The van der Waals surface area contributed by atoms with Crippen LogP contribution in [0.5, 0.6) is 0 Å². The van der Waals surface area contributed by atoms with Gasteiger partial charge in [-0.15, -0.1) is 0 Å². The lowest BCUT2D eigenvalue weighted by molar-refractivity contribution is -0.115. The third-order valence-electron chi connectivity index (χ3n) is 3.59. The molecule has 2 aromatic carbocycles. The van der Waals surface area contributed by atoms with Gasteiger partial charge in [0.05, 0.1) is 21.4 Å². The van der Waals surface area contributed by atoms with Crippen molar-refractivity contribution in [1.82, 2.24) is 5.43 Å². The van der Waals surface area contributed by atoms with Gasteiger partial charge in [-0.05, 0) is 35.9 Å². The predicted octanol–water partition coefficient (Wildman–Crippen LogP) is 5.07. The molecule has 134 valence electrons. The molecule has 0 spiro atoms. The second-order valence-electron chi connectivity index (χ2n) is 5.45. The average molecular weight is 407 g/mol. The Kier molecular flexibility index (Phi) is 6.19. The Hall–Kier alpha value is -2.02. The molecule has 0 unspecified atom stereocenters. The molecule has 5 nitrogen and oxygen atoms in total. The molecule has 2 aromatic rings. The van der Waals surface area contributed by atoms with Crippen molar-refractivity contribution in [1.29, 1.82) is 0 Å². The number of amides is 1. The lowest BCUT2D eigenvalue weighted by Crippen LogP contribution is -2.25. The largest absolute Gasteiger partial charge is 0.326 e. The van der Waals surface area contributed by atoms with E-state index in [1.54, 1.807) is 30.0 Å². The van der Waals surface area contributed by atoms with Gasteiger partial charge in [-0.25, -0.2) is 4.99 Å². The molecular formula is C18H16Cl2N4OS. The molecule has 1 aliphatic rings. The van der Waals surface area contributed by atoms with Gasteiger partial charge in [0.2, 0.25) is 5.91 Å². The molecule has 2 N–H and O–H groups in total. The Balaban J connectivity index is 1.68. The van der Waals surface area contributed by atoms with E-state index in [0.717, 1.165) is 17.0 Å². The van der Waals surface area contributed by atoms with Crippen LogP contribution in [-0.4, -0.2) is 22.5 Å². The van der Waals surface area contributed by atoms with Crippen LogP contribution in [0.25, 0.3) is 0 Å². The molecule has 0 fully saturated rings. The topological polar surface area (TPSA) is 65.8 Å². The Bertz CT molecular complexity index is 881. The van der Waals surface area contributed by atoms with Crippen molar-refractivity contribution in [2.24, 2.45) is 10.1 Å². The summed E-state index contributed by atoms with van der Waals surface area (Å²) >= 11 is 13.5. The number of benzene rings is 2. The first-order chi connectivity index (χ1) is 12.5. The van der Waals surface area contributed by atoms with Crippen LogP contribution >= 0.6 is 35.0 Å². The molecule has 0 saturated heterocycles. The van der Waals surface area contributed by atoms with Crippen LogP contribution in [0, 0.1) is 0 Å². The highest BCUT2D eigenvalue weighted by atomic mass is 35.5. The van der Waals surface area contributed by atoms with E-state index >= 15 is 0 Å². The van der Waals surface area contributed by atoms with E-state index < -0.39 is 0 Å². The number of hydrazone groups is 1. The molecule has 3 rings (SSSR count). The summed E-state index contributed by atoms with van der Waals surface area (Å²) in [6, 6.07) is 12.8. The van der Waals surface area contributed by atoms with E-state index in [1.165, 1.54) is 0 Å². The maximum atomic E-state index is 11.4. The molecular weight excluding hydrogens is 391 g/mol. The zero-order valence-electron chi connectivity index (χ0n) is 13.9. The van der Waals surface area contributed by atoms with Crippen molar-refractivity contribution < 1.29 is 4.79 Å². The standard InChI is InChI=1S/C18H16Cl2N4OS/c1-2-17(25)21-12-5-3-11(4-6-12)16-10-26-18(24-23-16)22-13-7-8-14(19)15(20)9-13/h3-9H,2,10H2,1H3,(H,21,25)(H,22,24). The lowest BCUT2D eigenvalue weighted by atomic mass is 10.1. The van der Waals surface area contributed by atoms with Gasteiger partial charge in [0, 0.05) is 17.9 Å². The Morgan fingerprint density at radius 2 is 2.00 bits per heavy atom. The van der Waals surface area contributed by atoms with Crippen LogP contribution in [-0.2, 0) is 4.79 Å². The first-order valence-electron chi connectivity index (χ1n) is 7.94. The number of hydrogen-bond donors (Lipinski definition) is 2. The quantitative estimate of drug-likeness (QED) is 0.744. The molecule has 1 amide bonds. The molecule has 0 aliphatic carbocycles. The molecule has 0 bridgehead atoms. The van der Waals surface area contributed by atoms with Crippen LogP contribution in [0.2, 0.25) is 10.0 Å². The lowest BCUT2D eigenvalue weighted by Gasteiger charge is -2.15. The van der Waals surface area contributed by atoms with Crippen molar-refractivity contribution in [2.75, 3.05) is 11.1 Å². The van der Waals surface area contributed by atoms with E-state index in [0.29, 0.717) is 33.1 Å². The summed E-state index contributed by atoms with van der Waals surface area (Å²) in [7, 11) is 0. The van der Waals surface area contributed by atoms with Gasteiger partial charge in [-0.2, -0.15) is 5.10 Å². The zero-order valence-corrected chi connectivity index (χ0v) is 16.3. The number of halogens is 2. The molecule has 8 heteroatoms. The molecule has 0 radical (unpaired) electrons. The summed E-state index contributed by atoms with van der Waals surface area (Å²) < 4.78 is 0. The minimum absolute atomic E-state index is 0.00636. The van der Waals surface area contributed by atoms with E-state index in [-0.39, 0.29) is 5.91 Å². The Labute approximate surface area is 165 Å². The molecule has 1 aliphatic heterocycles. The maximum Gasteiger partial charge on any atom is 0.224 e. The number of thioether (sulfide) groups is 1. The highest BCUT2D eigenvalue weighted by molar-refractivity contribution is 8.14. The van der Waals surface area contributed by atoms with Gasteiger partial charge >= 0.3 is 0 Å². The number of nitrogens with zero attached hydrogens (tertiary/aromatic N) is 2. The van der Waals surface area contributed by atoms with Gasteiger partial charge in [0.15, 0.2) is 5.17 Å². The van der Waals surface area contributed by atoms with Gasteiger partial charge in [0.25, 0.3) is 0 Å². The second-order valence-corrected chi connectivity index (χ2v) is 7.23. The number of carbonyl (C=O) groups excluding carboxylic acids is 1. The Morgan fingerprint density at radius 1 is 1.23 bits per heavy atom. The first kappa shape index (κ1) is 18.8. The molecule has 0 saturated carbocycles. The zero-order chi connectivity index (χ0) is 18.5. The highest BCUT2D eigenvalue weighted by Gasteiger charge is 2.13. The van der Waals surface area contributed by atoms with Crippen LogP contribution in [0.15, 0.2) is 52.6 Å². The second kappa shape index (κ2) is 8.58.